The molecule has 0 radical (unpaired) electrons. The van der Waals surface area contributed by atoms with E-state index in [2.05, 4.69) is 17.6 Å². The van der Waals surface area contributed by atoms with Gasteiger partial charge in [-0.25, -0.2) is 9.59 Å². The van der Waals surface area contributed by atoms with Gasteiger partial charge in [0.25, 0.3) is 0 Å². The number of benzene rings is 1. The van der Waals surface area contributed by atoms with Crippen LogP contribution in [0.5, 0.6) is 0 Å². The maximum atomic E-state index is 11.7. The van der Waals surface area contributed by atoms with Gasteiger partial charge in [-0.15, -0.1) is 0 Å². The Morgan fingerprint density at radius 1 is 1.15 bits per heavy atom. The molecule has 0 saturated carbocycles. The van der Waals surface area contributed by atoms with Gasteiger partial charge >= 0.3 is 12.0 Å². The van der Waals surface area contributed by atoms with Gasteiger partial charge in [-0.05, 0) is 30.9 Å². The second kappa shape index (κ2) is 6.93. The molecule has 110 valence electrons. The van der Waals surface area contributed by atoms with Gasteiger partial charge in [0.1, 0.15) is 5.54 Å². The molecule has 1 rings (SSSR count). The van der Waals surface area contributed by atoms with Gasteiger partial charge in [-0.3, -0.25) is 0 Å². The predicted molar refractivity (Wildman–Crippen MR) is 77.5 cm³/mol. The van der Waals surface area contributed by atoms with Gasteiger partial charge in [0.15, 0.2) is 0 Å². The number of carbonyl (C=O) groups excluding carboxylic acids is 1. The maximum absolute atomic E-state index is 11.7. The number of carboxylic acid groups (broad SMARTS) is 1. The molecule has 1 aromatic rings. The standard InChI is InChI=1S/C15H22N2O3/c1-4-11-6-8-12(9-7-11)10-16-14(20)17-15(3,5-2)13(18)19/h6-9H,4-5,10H2,1-3H3,(H,18,19)(H2,16,17,20). The van der Waals surface area contributed by atoms with Crippen molar-refractivity contribution < 1.29 is 14.7 Å². The van der Waals surface area contributed by atoms with Crippen LogP contribution in [-0.4, -0.2) is 22.6 Å². The second-order valence-electron chi connectivity index (χ2n) is 4.97. The first-order chi connectivity index (χ1) is 9.41. The normalized spacial score (nSPS) is 13.3. The highest BCUT2D eigenvalue weighted by atomic mass is 16.4. The minimum absolute atomic E-state index is 0.320. The predicted octanol–water partition coefficient (Wildman–Crippen LogP) is 2.30. The van der Waals surface area contributed by atoms with E-state index in [0.29, 0.717) is 13.0 Å². The van der Waals surface area contributed by atoms with Crippen molar-refractivity contribution in [2.24, 2.45) is 0 Å². The van der Waals surface area contributed by atoms with E-state index in [9.17, 15) is 9.59 Å². The third-order valence-electron chi connectivity index (χ3n) is 3.45. The van der Waals surface area contributed by atoms with Gasteiger partial charge in [0.2, 0.25) is 0 Å². The van der Waals surface area contributed by atoms with Gasteiger partial charge in [-0.2, -0.15) is 0 Å². The summed E-state index contributed by atoms with van der Waals surface area (Å²) in [7, 11) is 0. The zero-order valence-electron chi connectivity index (χ0n) is 12.2. The molecular formula is C15H22N2O3. The molecule has 0 bridgehead atoms. The number of aliphatic carboxylic acids is 1. The quantitative estimate of drug-likeness (QED) is 0.747. The molecule has 5 nitrogen and oxygen atoms in total. The third-order valence-corrected chi connectivity index (χ3v) is 3.45. The summed E-state index contributed by atoms with van der Waals surface area (Å²) in [6.07, 6.45) is 1.29. The molecule has 3 N–H and O–H groups in total. The van der Waals surface area contributed by atoms with Crippen molar-refractivity contribution in [3.8, 4) is 0 Å². The highest BCUT2D eigenvalue weighted by Crippen LogP contribution is 2.09. The summed E-state index contributed by atoms with van der Waals surface area (Å²) in [5, 5.41) is 14.2. The van der Waals surface area contributed by atoms with Crippen LogP contribution in [0.2, 0.25) is 0 Å². The van der Waals surface area contributed by atoms with E-state index in [-0.39, 0.29) is 0 Å². The van der Waals surface area contributed by atoms with Crippen LogP contribution in [0.15, 0.2) is 24.3 Å². The van der Waals surface area contributed by atoms with Crippen LogP contribution < -0.4 is 10.6 Å². The molecule has 0 aromatic heterocycles. The minimum Gasteiger partial charge on any atom is -0.480 e. The highest BCUT2D eigenvalue weighted by molar-refractivity contribution is 5.85. The molecule has 2 amide bonds. The first kappa shape index (κ1) is 16.0. The van der Waals surface area contributed by atoms with Crippen LogP contribution in [0.25, 0.3) is 0 Å². The molecule has 0 fully saturated rings. The average Bonchev–Trinajstić information content (AvgIpc) is 2.45. The molecule has 0 saturated heterocycles. The van der Waals surface area contributed by atoms with Gasteiger partial charge in [0, 0.05) is 6.54 Å². The summed E-state index contributed by atoms with van der Waals surface area (Å²) in [6, 6.07) is 7.46. The Morgan fingerprint density at radius 3 is 2.15 bits per heavy atom. The van der Waals surface area contributed by atoms with Crippen molar-refractivity contribution in [1.29, 1.82) is 0 Å². The lowest BCUT2D eigenvalue weighted by Crippen LogP contribution is -2.54. The number of hydrogen-bond donors (Lipinski definition) is 3. The van der Waals surface area contributed by atoms with E-state index in [1.165, 1.54) is 12.5 Å². The second-order valence-corrected chi connectivity index (χ2v) is 4.97. The summed E-state index contributed by atoms with van der Waals surface area (Å²) in [5.74, 6) is -1.04. The first-order valence-electron chi connectivity index (χ1n) is 6.78. The number of carboxylic acids is 1. The average molecular weight is 278 g/mol. The fourth-order valence-electron chi connectivity index (χ4n) is 1.66. The lowest BCUT2D eigenvalue weighted by Gasteiger charge is -2.24. The summed E-state index contributed by atoms with van der Waals surface area (Å²) in [6.45, 7) is 5.66. The van der Waals surface area contributed by atoms with Gasteiger partial charge in [-0.1, -0.05) is 38.1 Å². The fraction of sp³-hybridized carbons (Fsp3) is 0.467. The van der Waals surface area contributed by atoms with Crippen LogP contribution in [-0.2, 0) is 17.8 Å². The Kier molecular flexibility index (Phi) is 5.55. The van der Waals surface area contributed by atoms with E-state index >= 15 is 0 Å². The first-order valence-corrected chi connectivity index (χ1v) is 6.78. The van der Waals surface area contributed by atoms with Crippen LogP contribution in [0.1, 0.15) is 38.3 Å². The fourth-order valence-corrected chi connectivity index (χ4v) is 1.66. The van der Waals surface area contributed by atoms with Crippen molar-refractivity contribution in [2.75, 3.05) is 0 Å². The molecule has 1 aromatic carbocycles. The zero-order valence-corrected chi connectivity index (χ0v) is 12.2. The number of urea groups is 1. The molecule has 0 heterocycles. The summed E-state index contributed by atoms with van der Waals surface area (Å²) in [5.41, 5.74) is 0.976. The topological polar surface area (TPSA) is 78.4 Å². The van der Waals surface area contributed by atoms with Crippen LogP contribution >= 0.6 is 0 Å². The molecule has 1 unspecified atom stereocenters. The Balaban J connectivity index is 2.52. The van der Waals surface area contributed by atoms with E-state index in [0.717, 1.165) is 12.0 Å². The van der Waals surface area contributed by atoms with Crippen molar-refractivity contribution in [2.45, 2.75) is 45.7 Å². The van der Waals surface area contributed by atoms with Crippen molar-refractivity contribution in [3.05, 3.63) is 35.4 Å². The lowest BCUT2D eigenvalue weighted by molar-refractivity contribution is -0.143. The van der Waals surface area contributed by atoms with Crippen LogP contribution in [0, 0.1) is 0 Å². The van der Waals surface area contributed by atoms with Gasteiger partial charge < -0.3 is 15.7 Å². The van der Waals surface area contributed by atoms with E-state index < -0.39 is 17.5 Å². The molecule has 0 aliphatic heterocycles. The molecule has 0 aliphatic carbocycles. The zero-order chi connectivity index (χ0) is 15.2. The molecular weight excluding hydrogens is 256 g/mol. The molecule has 0 spiro atoms. The minimum atomic E-state index is -1.24. The summed E-state index contributed by atoms with van der Waals surface area (Å²) >= 11 is 0. The van der Waals surface area contributed by atoms with Gasteiger partial charge in [0.05, 0.1) is 0 Å². The van der Waals surface area contributed by atoms with E-state index in [1.54, 1.807) is 6.92 Å². The van der Waals surface area contributed by atoms with Crippen LogP contribution in [0.4, 0.5) is 4.79 Å². The Bertz CT molecular complexity index is 471. The largest absolute Gasteiger partial charge is 0.480 e. The SMILES string of the molecule is CCc1ccc(CNC(=O)NC(C)(CC)C(=O)O)cc1. The molecule has 5 heteroatoms. The van der Waals surface area contributed by atoms with E-state index in [1.807, 2.05) is 24.3 Å². The molecule has 20 heavy (non-hydrogen) atoms. The maximum Gasteiger partial charge on any atom is 0.329 e. The summed E-state index contributed by atoms with van der Waals surface area (Å²) in [4.78, 5) is 22.8. The summed E-state index contributed by atoms with van der Waals surface area (Å²) < 4.78 is 0. The smallest absolute Gasteiger partial charge is 0.329 e. The molecule has 0 aliphatic rings. The third kappa shape index (κ3) is 4.26. The monoisotopic (exact) mass is 278 g/mol. The Hall–Kier alpha value is -2.04. The Morgan fingerprint density at radius 2 is 1.70 bits per heavy atom. The lowest BCUT2D eigenvalue weighted by atomic mass is 10.00. The van der Waals surface area contributed by atoms with Crippen molar-refractivity contribution in [3.63, 3.8) is 0 Å². The number of hydrogen-bond acceptors (Lipinski definition) is 2. The number of carbonyl (C=O) groups is 2. The van der Waals surface area contributed by atoms with E-state index in [4.69, 9.17) is 5.11 Å². The van der Waals surface area contributed by atoms with Crippen molar-refractivity contribution >= 4 is 12.0 Å². The van der Waals surface area contributed by atoms with Crippen LogP contribution in [0.3, 0.4) is 0 Å². The number of amides is 2. The number of aryl methyl sites for hydroxylation is 1. The van der Waals surface area contributed by atoms with Crippen molar-refractivity contribution in [1.82, 2.24) is 10.6 Å². The Labute approximate surface area is 119 Å². The molecule has 1 atom stereocenters. The number of nitrogens with one attached hydrogen (secondary N) is 2. The highest BCUT2D eigenvalue weighted by Gasteiger charge is 2.32. The number of rotatable bonds is 6.